The van der Waals surface area contributed by atoms with Crippen molar-refractivity contribution in [3.63, 3.8) is 0 Å². The van der Waals surface area contributed by atoms with Crippen molar-refractivity contribution in [1.29, 1.82) is 0 Å². The Morgan fingerprint density at radius 3 is 2.50 bits per heavy atom. The number of carboxylic acids is 1. The van der Waals surface area contributed by atoms with Crippen molar-refractivity contribution in [2.45, 2.75) is 25.4 Å². The third-order valence-electron chi connectivity index (χ3n) is 4.21. The van der Waals surface area contributed by atoms with Crippen LogP contribution in [0.2, 0.25) is 0 Å². The standard InChI is InChI=1S/C19H17F3O4/c20-12-4-5-17(26-10-13-3-1-2-6-25-13)14(9-12)11-7-15(21)18(19(23)24)16(22)8-11/h4-5,7-9,13H,1-3,6,10H2,(H,23,24). The summed E-state index contributed by atoms with van der Waals surface area (Å²) in [6, 6.07) is 5.34. The van der Waals surface area contributed by atoms with Crippen LogP contribution in [0.1, 0.15) is 29.6 Å². The number of rotatable bonds is 5. The molecule has 0 aromatic heterocycles. The fourth-order valence-electron chi connectivity index (χ4n) is 2.91. The van der Waals surface area contributed by atoms with Crippen LogP contribution in [-0.2, 0) is 4.74 Å². The number of hydrogen-bond acceptors (Lipinski definition) is 3. The second kappa shape index (κ2) is 7.78. The molecule has 2 aromatic carbocycles. The van der Waals surface area contributed by atoms with Gasteiger partial charge in [0.2, 0.25) is 0 Å². The highest BCUT2D eigenvalue weighted by Crippen LogP contribution is 2.33. The zero-order valence-corrected chi connectivity index (χ0v) is 13.8. The predicted octanol–water partition coefficient (Wildman–Crippen LogP) is 4.42. The fourth-order valence-corrected chi connectivity index (χ4v) is 2.91. The second-order valence-electron chi connectivity index (χ2n) is 6.06. The van der Waals surface area contributed by atoms with E-state index in [2.05, 4.69) is 0 Å². The van der Waals surface area contributed by atoms with Crippen LogP contribution < -0.4 is 4.74 Å². The molecule has 1 unspecified atom stereocenters. The highest BCUT2D eigenvalue weighted by atomic mass is 19.1. The molecule has 1 aliphatic rings. The average molecular weight is 366 g/mol. The average Bonchev–Trinajstić information content (AvgIpc) is 2.60. The van der Waals surface area contributed by atoms with Crippen LogP contribution in [0.15, 0.2) is 30.3 Å². The fraction of sp³-hybridized carbons (Fsp3) is 0.316. The molecule has 1 aliphatic heterocycles. The normalized spacial score (nSPS) is 17.1. The van der Waals surface area contributed by atoms with Gasteiger partial charge in [-0.3, -0.25) is 0 Å². The van der Waals surface area contributed by atoms with Gasteiger partial charge in [-0.05, 0) is 55.2 Å². The van der Waals surface area contributed by atoms with Gasteiger partial charge >= 0.3 is 5.97 Å². The van der Waals surface area contributed by atoms with Crippen molar-refractivity contribution in [3.8, 4) is 16.9 Å². The molecule has 0 aliphatic carbocycles. The lowest BCUT2D eigenvalue weighted by Gasteiger charge is -2.23. The molecule has 0 radical (unpaired) electrons. The minimum atomic E-state index is -1.71. The monoisotopic (exact) mass is 366 g/mol. The molecule has 1 N–H and O–H groups in total. The van der Waals surface area contributed by atoms with E-state index < -0.39 is 29.0 Å². The van der Waals surface area contributed by atoms with E-state index in [1.54, 1.807) is 0 Å². The smallest absolute Gasteiger partial charge is 0.341 e. The number of carboxylic acid groups (broad SMARTS) is 1. The van der Waals surface area contributed by atoms with E-state index in [4.69, 9.17) is 14.6 Å². The largest absolute Gasteiger partial charge is 0.490 e. The number of benzene rings is 2. The van der Waals surface area contributed by atoms with E-state index in [0.29, 0.717) is 6.61 Å². The van der Waals surface area contributed by atoms with E-state index in [-0.39, 0.29) is 29.6 Å². The van der Waals surface area contributed by atoms with Gasteiger partial charge in [0.05, 0.1) is 6.10 Å². The number of halogens is 3. The maximum atomic E-state index is 14.0. The van der Waals surface area contributed by atoms with Crippen molar-refractivity contribution in [1.82, 2.24) is 0 Å². The first kappa shape index (κ1) is 18.3. The molecule has 138 valence electrons. The van der Waals surface area contributed by atoms with Gasteiger partial charge in [0, 0.05) is 12.2 Å². The highest BCUT2D eigenvalue weighted by molar-refractivity contribution is 5.89. The SMILES string of the molecule is O=C(O)c1c(F)cc(-c2cc(F)ccc2OCC2CCCCO2)cc1F. The summed E-state index contributed by atoms with van der Waals surface area (Å²) in [6.45, 7) is 0.883. The Balaban J connectivity index is 1.91. The van der Waals surface area contributed by atoms with E-state index >= 15 is 0 Å². The van der Waals surface area contributed by atoms with Crippen molar-refractivity contribution >= 4 is 5.97 Å². The molecule has 1 heterocycles. The van der Waals surface area contributed by atoms with Crippen LogP contribution in [0, 0.1) is 17.5 Å². The van der Waals surface area contributed by atoms with E-state index in [1.807, 2.05) is 0 Å². The van der Waals surface area contributed by atoms with Gasteiger partial charge in [0.15, 0.2) is 0 Å². The first-order chi connectivity index (χ1) is 12.5. The molecular formula is C19H17F3O4. The molecule has 0 spiro atoms. The van der Waals surface area contributed by atoms with Crippen LogP contribution in [0.25, 0.3) is 11.1 Å². The van der Waals surface area contributed by atoms with E-state index in [1.165, 1.54) is 12.1 Å². The second-order valence-corrected chi connectivity index (χ2v) is 6.06. The summed E-state index contributed by atoms with van der Waals surface area (Å²) in [5, 5.41) is 8.86. The minimum absolute atomic E-state index is 0.0101. The molecule has 1 atom stereocenters. The van der Waals surface area contributed by atoms with Crippen molar-refractivity contribution in [2.75, 3.05) is 13.2 Å². The van der Waals surface area contributed by atoms with Crippen LogP contribution in [-0.4, -0.2) is 30.4 Å². The summed E-state index contributed by atoms with van der Waals surface area (Å²) in [4.78, 5) is 10.9. The zero-order chi connectivity index (χ0) is 18.7. The van der Waals surface area contributed by atoms with Crippen LogP contribution in [0.5, 0.6) is 5.75 Å². The van der Waals surface area contributed by atoms with Gasteiger partial charge in [-0.2, -0.15) is 0 Å². The molecule has 0 bridgehead atoms. The van der Waals surface area contributed by atoms with Gasteiger partial charge < -0.3 is 14.6 Å². The van der Waals surface area contributed by atoms with E-state index in [0.717, 1.165) is 37.5 Å². The lowest BCUT2D eigenvalue weighted by atomic mass is 10.0. The van der Waals surface area contributed by atoms with Gasteiger partial charge in [0.25, 0.3) is 0 Å². The van der Waals surface area contributed by atoms with E-state index in [9.17, 15) is 18.0 Å². The third kappa shape index (κ3) is 3.99. The molecule has 3 rings (SSSR count). The van der Waals surface area contributed by atoms with Gasteiger partial charge in [-0.25, -0.2) is 18.0 Å². The third-order valence-corrected chi connectivity index (χ3v) is 4.21. The van der Waals surface area contributed by atoms with Crippen LogP contribution >= 0.6 is 0 Å². The Bertz CT molecular complexity index is 793. The summed E-state index contributed by atoms with van der Waals surface area (Å²) in [5.74, 6) is -4.56. The summed E-state index contributed by atoms with van der Waals surface area (Å²) >= 11 is 0. The molecule has 0 saturated carbocycles. The van der Waals surface area contributed by atoms with Crippen LogP contribution in [0.4, 0.5) is 13.2 Å². The summed E-state index contributed by atoms with van der Waals surface area (Å²) in [7, 11) is 0. The summed E-state index contributed by atoms with van der Waals surface area (Å²) in [6.07, 6.45) is 2.77. The molecule has 1 fully saturated rings. The maximum Gasteiger partial charge on any atom is 0.341 e. The zero-order valence-electron chi connectivity index (χ0n) is 13.8. The summed E-state index contributed by atoms with van der Waals surface area (Å²) < 4.78 is 52.9. The Labute approximate surface area is 148 Å². The quantitative estimate of drug-likeness (QED) is 0.851. The lowest BCUT2D eigenvalue weighted by Crippen LogP contribution is -2.25. The Hall–Kier alpha value is -2.54. The lowest BCUT2D eigenvalue weighted by molar-refractivity contribution is -0.0109. The van der Waals surface area contributed by atoms with Gasteiger partial charge in [0.1, 0.15) is 35.4 Å². The van der Waals surface area contributed by atoms with Gasteiger partial charge in [-0.15, -0.1) is 0 Å². The van der Waals surface area contributed by atoms with Crippen molar-refractivity contribution in [3.05, 3.63) is 53.3 Å². The predicted molar refractivity (Wildman–Crippen MR) is 87.8 cm³/mol. The van der Waals surface area contributed by atoms with Crippen molar-refractivity contribution < 1.29 is 32.5 Å². The number of hydrogen-bond donors (Lipinski definition) is 1. The Morgan fingerprint density at radius 2 is 1.88 bits per heavy atom. The topological polar surface area (TPSA) is 55.8 Å². The Morgan fingerprint density at radius 1 is 1.15 bits per heavy atom. The molecule has 0 amide bonds. The minimum Gasteiger partial charge on any atom is -0.490 e. The molecule has 2 aromatic rings. The molecular weight excluding hydrogens is 349 g/mol. The Kier molecular flexibility index (Phi) is 5.46. The number of aromatic carboxylic acids is 1. The van der Waals surface area contributed by atoms with Crippen LogP contribution in [0.3, 0.4) is 0 Å². The number of carbonyl (C=O) groups is 1. The molecule has 4 nitrogen and oxygen atoms in total. The highest BCUT2D eigenvalue weighted by Gasteiger charge is 2.21. The first-order valence-corrected chi connectivity index (χ1v) is 8.22. The number of ether oxygens (including phenoxy) is 2. The summed E-state index contributed by atoms with van der Waals surface area (Å²) in [5.41, 5.74) is -0.928. The maximum absolute atomic E-state index is 14.0. The molecule has 7 heteroatoms. The first-order valence-electron chi connectivity index (χ1n) is 8.22. The molecule has 26 heavy (non-hydrogen) atoms. The molecule has 1 saturated heterocycles. The van der Waals surface area contributed by atoms with Crippen molar-refractivity contribution in [2.24, 2.45) is 0 Å². The van der Waals surface area contributed by atoms with Gasteiger partial charge in [-0.1, -0.05) is 0 Å².